The highest BCUT2D eigenvalue weighted by Gasteiger charge is 2.08. The predicted octanol–water partition coefficient (Wildman–Crippen LogP) is 5.46. The first-order valence-corrected chi connectivity index (χ1v) is 6.96. The summed E-state index contributed by atoms with van der Waals surface area (Å²) in [5, 5.41) is 2.73. The Labute approximate surface area is 114 Å². The number of hydrogen-bond donors (Lipinski definition) is 0. The molecule has 0 saturated carbocycles. The van der Waals surface area contributed by atoms with E-state index in [0.717, 1.165) is 6.42 Å². The average Bonchev–Trinajstić information content (AvgIpc) is 2.49. The van der Waals surface area contributed by atoms with Crippen LogP contribution in [0.25, 0.3) is 21.9 Å². The lowest BCUT2D eigenvalue weighted by Gasteiger charge is -2.13. The lowest BCUT2D eigenvalue weighted by Crippen LogP contribution is -1.91. The molecular formula is C19H18. The van der Waals surface area contributed by atoms with Crippen LogP contribution < -0.4 is 0 Å². The number of fused-ring (bicyclic) bond motifs is 1. The monoisotopic (exact) mass is 246 g/mol. The Hall–Kier alpha value is -2.08. The zero-order chi connectivity index (χ0) is 13.1. The van der Waals surface area contributed by atoms with Gasteiger partial charge in [0.05, 0.1) is 0 Å². The summed E-state index contributed by atoms with van der Waals surface area (Å²) in [6, 6.07) is 23.9. The van der Waals surface area contributed by atoms with Crippen molar-refractivity contribution in [2.75, 3.05) is 0 Å². The highest BCUT2D eigenvalue weighted by atomic mass is 14.1. The Morgan fingerprint density at radius 2 is 1.47 bits per heavy atom. The van der Waals surface area contributed by atoms with Gasteiger partial charge in [-0.1, -0.05) is 80.1 Å². The summed E-state index contributed by atoms with van der Waals surface area (Å²) >= 11 is 0. The molecule has 0 unspecified atom stereocenters. The largest absolute Gasteiger partial charge is 0.0651 e. The molecule has 0 amide bonds. The normalized spacial score (nSPS) is 10.8. The van der Waals surface area contributed by atoms with Gasteiger partial charge in [0.2, 0.25) is 0 Å². The Morgan fingerprint density at radius 3 is 2.26 bits per heavy atom. The molecule has 3 rings (SSSR count). The van der Waals surface area contributed by atoms with Crippen LogP contribution in [0.5, 0.6) is 0 Å². The fourth-order valence-electron chi connectivity index (χ4n) is 2.74. The van der Waals surface area contributed by atoms with E-state index >= 15 is 0 Å². The molecule has 3 aromatic rings. The molecule has 0 aliphatic heterocycles. The predicted molar refractivity (Wildman–Crippen MR) is 83.4 cm³/mol. The number of rotatable bonds is 3. The zero-order valence-corrected chi connectivity index (χ0v) is 11.3. The summed E-state index contributed by atoms with van der Waals surface area (Å²) < 4.78 is 0. The van der Waals surface area contributed by atoms with E-state index in [1.165, 1.54) is 33.9 Å². The SMILES string of the molecule is CCCc1c(-c2ccccc2)ccc2ccccc12. The third-order valence-electron chi connectivity index (χ3n) is 3.63. The van der Waals surface area contributed by atoms with E-state index in [1.54, 1.807) is 0 Å². The minimum absolute atomic E-state index is 1.13. The fraction of sp³-hybridized carbons (Fsp3) is 0.158. The molecule has 0 nitrogen and oxygen atoms in total. The third kappa shape index (κ3) is 2.26. The van der Waals surface area contributed by atoms with Crippen molar-refractivity contribution in [3.63, 3.8) is 0 Å². The van der Waals surface area contributed by atoms with Crippen LogP contribution in [0.2, 0.25) is 0 Å². The van der Waals surface area contributed by atoms with Gasteiger partial charge >= 0.3 is 0 Å². The Balaban J connectivity index is 2.27. The summed E-state index contributed by atoms with van der Waals surface area (Å²) in [7, 11) is 0. The molecule has 0 aliphatic rings. The third-order valence-corrected chi connectivity index (χ3v) is 3.63. The molecule has 0 radical (unpaired) electrons. The first-order chi connectivity index (χ1) is 9.40. The lowest BCUT2D eigenvalue weighted by atomic mass is 9.92. The molecule has 0 aromatic heterocycles. The molecule has 0 atom stereocenters. The number of benzene rings is 3. The average molecular weight is 246 g/mol. The van der Waals surface area contributed by atoms with E-state index in [0.29, 0.717) is 0 Å². The summed E-state index contributed by atoms with van der Waals surface area (Å²) in [6.07, 6.45) is 2.30. The van der Waals surface area contributed by atoms with Crippen molar-refractivity contribution < 1.29 is 0 Å². The van der Waals surface area contributed by atoms with Gasteiger partial charge in [-0.05, 0) is 33.9 Å². The second-order valence-corrected chi connectivity index (χ2v) is 4.93. The molecule has 0 heteroatoms. The van der Waals surface area contributed by atoms with Gasteiger partial charge in [0.25, 0.3) is 0 Å². The maximum Gasteiger partial charge on any atom is -0.0146 e. The van der Waals surface area contributed by atoms with E-state index in [-0.39, 0.29) is 0 Å². The quantitative estimate of drug-likeness (QED) is 0.575. The molecule has 0 fully saturated rings. The molecule has 19 heavy (non-hydrogen) atoms. The molecule has 0 N–H and O–H groups in total. The Kier molecular flexibility index (Phi) is 3.33. The van der Waals surface area contributed by atoms with Crippen molar-refractivity contribution in [2.45, 2.75) is 19.8 Å². The van der Waals surface area contributed by atoms with Crippen molar-refractivity contribution in [1.29, 1.82) is 0 Å². The highest BCUT2D eigenvalue weighted by molar-refractivity contribution is 5.91. The molecule has 3 aromatic carbocycles. The van der Waals surface area contributed by atoms with E-state index in [1.807, 2.05) is 0 Å². The van der Waals surface area contributed by atoms with Crippen molar-refractivity contribution in [3.8, 4) is 11.1 Å². The van der Waals surface area contributed by atoms with Gasteiger partial charge in [-0.15, -0.1) is 0 Å². The van der Waals surface area contributed by atoms with Gasteiger partial charge in [-0.2, -0.15) is 0 Å². The first-order valence-electron chi connectivity index (χ1n) is 6.96. The topological polar surface area (TPSA) is 0 Å². The molecule has 0 spiro atoms. The van der Waals surface area contributed by atoms with Crippen LogP contribution in [0.3, 0.4) is 0 Å². The van der Waals surface area contributed by atoms with Crippen molar-refractivity contribution in [3.05, 3.63) is 72.3 Å². The van der Waals surface area contributed by atoms with E-state index in [2.05, 4.69) is 73.7 Å². The van der Waals surface area contributed by atoms with Crippen LogP contribution in [0.1, 0.15) is 18.9 Å². The molecule has 0 saturated heterocycles. The van der Waals surface area contributed by atoms with E-state index in [9.17, 15) is 0 Å². The summed E-state index contributed by atoms with van der Waals surface area (Å²) in [5.74, 6) is 0. The second kappa shape index (κ2) is 5.27. The van der Waals surface area contributed by atoms with Gasteiger partial charge in [0, 0.05) is 0 Å². The molecule has 94 valence electrons. The molecule has 0 heterocycles. The van der Waals surface area contributed by atoms with Gasteiger partial charge in [-0.25, -0.2) is 0 Å². The maximum atomic E-state index is 2.27. The molecule has 0 bridgehead atoms. The van der Waals surface area contributed by atoms with Gasteiger partial charge < -0.3 is 0 Å². The standard InChI is InChI=1S/C19H18/c1-2-8-19-17-12-7-6-11-16(17)13-14-18(19)15-9-4-3-5-10-15/h3-7,9-14H,2,8H2,1H3. The summed E-state index contributed by atoms with van der Waals surface area (Å²) in [5.41, 5.74) is 4.17. The van der Waals surface area contributed by atoms with Crippen LogP contribution in [0, 0.1) is 0 Å². The molecular weight excluding hydrogens is 228 g/mol. The summed E-state index contributed by atoms with van der Waals surface area (Å²) in [4.78, 5) is 0. The van der Waals surface area contributed by atoms with Gasteiger partial charge in [-0.3, -0.25) is 0 Å². The maximum absolute atomic E-state index is 2.27. The fourth-order valence-corrected chi connectivity index (χ4v) is 2.74. The molecule has 0 aliphatic carbocycles. The first kappa shape index (κ1) is 12.0. The Morgan fingerprint density at radius 1 is 0.737 bits per heavy atom. The minimum Gasteiger partial charge on any atom is -0.0651 e. The zero-order valence-electron chi connectivity index (χ0n) is 11.3. The smallest absolute Gasteiger partial charge is 0.0146 e. The van der Waals surface area contributed by atoms with Crippen LogP contribution in [-0.4, -0.2) is 0 Å². The van der Waals surface area contributed by atoms with Crippen LogP contribution in [0.4, 0.5) is 0 Å². The highest BCUT2D eigenvalue weighted by Crippen LogP contribution is 2.31. The Bertz CT molecular complexity index is 681. The van der Waals surface area contributed by atoms with Crippen molar-refractivity contribution in [2.24, 2.45) is 0 Å². The van der Waals surface area contributed by atoms with Crippen LogP contribution in [-0.2, 0) is 6.42 Å². The minimum atomic E-state index is 1.13. The van der Waals surface area contributed by atoms with Crippen molar-refractivity contribution >= 4 is 10.8 Å². The number of aryl methyl sites for hydroxylation is 1. The lowest BCUT2D eigenvalue weighted by molar-refractivity contribution is 0.931. The van der Waals surface area contributed by atoms with Gasteiger partial charge in [0.1, 0.15) is 0 Å². The van der Waals surface area contributed by atoms with Crippen molar-refractivity contribution in [1.82, 2.24) is 0 Å². The van der Waals surface area contributed by atoms with Crippen LogP contribution in [0.15, 0.2) is 66.7 Å². The van der Waals surface area contributed by atoms with Crippen LogP contribution >= 0.6 is 0 Å². The van der Waals surface area contributed by atoms with E-state index < -0.39 is 0 Å². The summed E-state index contributed by atoms with van der Waals surface area (Å²) in [6.45, 7) is 2.25. The number of hydrogen-bond acceptors (Lipinski definition) is 0. The van der Waals surface area contributed by atoms with Gasteiger partial charge in [0.15, 0.2) is 0 Å². The second-order valence-electron chi connectivity index (χ2n) is 4.93. The van der Waals surface area contributed by atoms with E-state index in [4.69, 9.17) is 0 Å².